The van der Waals surface area contributed by atoms with Crippen molar-refractivity contribution in [3.05, 3.63) is 60.2 Å². The maximum atomic E-state index is 12.3. The molecule has 24 heavy (non-hydrogen) atoms. The molecular weight excluding hydrogens is 308 g/mol. The van der Waals surface area contributed by atoms with Crippen molar-refractivity contribution < 1.29 is 19.1 Å². The highest BCUT2D eigenvalue weighted by atomic mass is 16.5. The lowest BCUT2D eigenvalue weighted by molar-refractivity contribution is -0.134. The number of hydrogen-bond donors (Lipinski definition) is 2. The van der Waals surface area contributed by atoms with E-state index in [1.54, 1.807) is 12.1 Å². The van der Waals surface area contributed by atoms with Gasteiger partial charge in [-0.1, -0.05) is 42.5 Å². The van der Waals surface area contributed by atoms with Gasteiger partial charge < -0.3 is 15.4 Å². The van der Waals surface area contributed by atoms with Crippen molar-refractivity contribution in [2.45, 2.75) is 0 Å². The van der Waals surface area contributed by atoms with E-state index in [9.17, 15) is 14.4 Å². The van der Waals surface area contributed by atoms with Crippen LogP contribution in [0.15, 0.2) is 54.6 Å². The van der Waals surface area contributed by atoms with Gasteiger partial charge in [0, 0.05) is 18.2 Å². The number of carbonyl (C=O) groups is 3. The molecule has 6 nitrogen and oxygen atoms in total. The van der Waals surface area contributed by atoms with Gasteiger partial charge in [0.05, 0.1) is 13.7 Å². The van der Waals surface area contributed by atoms with E-state index < -0.39 is 5.97 Å². The molecule has 0 saturated carbocycles. The van der Waals surface area contributed by atoms with Crippen LogP contribution in [0.4, 0.5) is 0 Å². The molecule has 0 atom stereocenters. The average Bonchev–Trinajstić information content (AvgIpc) is 2.62. The highest BCUT2D eigenvalue weighted by molar-refractivity contribution is 6.07. The molecule has 0 spiro atoms. The van der Waals surface area contributed by atoms with Gasteiger partial charge in [0.2, 0.25) is 5.91 Å². The zero-order valence-corrected chi connectivity index (χ0v) is 13.2. The first kappa shape index (κ1) is 17.2. The molecule has 0 aliphatic heterocycles. The van der Waals surface area contributed by atoms with Gasteiger partial charge in [-0.25, -0.2) is 4.79 Å². The van der Waals surface area contributed by atoms with Gasteiger partial charge in [-0.2, -0.15) is 0 Å². The van der Waals surface area contributed by atoms with Crippen molar-refractivity contribution >= 4 is 28.6 Å². The number of benzene rings is 2. The van der Waals surface area contributed by atoms with Gasteiger partial charge in [-0.05, 0) is 16.8 Å². The summed E-state index contributed by atoms with van der Waals surface area (Å²) < 4.78 is 4.42. The fourth-order valence-electron chi connectivity index (χ4n) is 2.14. The van der Waals surface area contributed by atoms with Crippen LogP contribution < -0.4 is 10.6 Å². The van der Waals surface area contributed by atoms with Crippen molar-refractivity contribution in [3.8, 4) is 0 Å². The third-order valence-electron chi connectivity index (χ3n) is 3.32. The minimum atomic E-state index is -0.492. The second-order valence-electron chi connectivity index (χ2n) is 4.94. The number of esters is 1. The molecule has 0 heterocycles. The molecule has 2 aromatic carbocycles. The Labute approximate surface area is 139 Å². The number of methoxy groups -OCH3 is 1. The van der Waals surface area contributed by atoms with Crippen molar-refractivity contribution in [1.82, 2.24) is 10.6 Å². The summed E-state index contributed by atoms with van der Waals surface area (Å²) >= 11 is 0. The predicted molar refractivity (Wildman–Crippen MR) is 90.4 cm³/mol. The van der Waals surface area contributed by atoms with Crippen LogP contribution in [0.2, 0.25) is 0 Å². The topological polar surface area (TPSA) is 84.5 Å². The number of hydrogen-bond acceptors (Lipinski definition) is 4. The number of fused-ring (bicyclic) bond motifs is 1. The molecule has 0 aliphatic carbocycles. The first-order valence-electron chi connectivity index (χ1n) is 7.39. The highest BCUT2D eigenvalue weighted by Crippen LogP contribution is 2.18. The first-order valence-corrected chi connectivity index (χ1v) is 7.39. The van der Waals surface area contributed by atoms with E-state index in [-0.39, 0.29) is 24.9 Å². The maximum Gasteiger partial charge on any atom is 0.330 e. The molecule has 2 N–H and O–H groups in total. The second-order valence-corrected chi connectivity index (χ2v) is 4.94. The Kier molecular flexibility index (Phi) is 6.08. The van der Waals surface area contributed by atoms with E-state index >= 15 is 0 Å². The molecule has 6 heteroatoms. The highest BCUT2D eigenvalue weighted by Gasteiger charge is 2.10. The zero-order chi connectivity index (χ0) is 17.4. The molecule has 0 unspecified atom stereocenters. The lowest BCUT2D eigenvalue weighted by Gasteiger charge is -2.08. The molecule has 0 radical (unpaired) electrons. The summed E-state index contributed by atoms with van der Waals surface area (Å²) in [6.45, 7) is 0.0339. The fourth-order valence-corrected chi connectivity index (χ4v) is 2.14. The largest absolute Gasteiger partial charge is 0.466 e. The third kappa shape index (κ3) is 4.67. The molecule has 2 aromatic rings. The molecule has 0 fully saturated rings. The normalized spacial score (nSPS) is 10.5. The molecule has 0 aliphatic rings. The molecule has 0 saturated heterocycles. The number of rotatable bonds is 6. The number of carbonyl (C=O) groups excluding carboxylic acids is 3. The van der Waals surface area contributed by atoms with Crippen molar-refractivity contribution in [2.24, 2.45) is 0 Å². The van der Waals surface area contributed by atoms with Crippen LogP contribution in [0.5, 0.6) is 0 Å². The predicted octanol–water partition coefficient (Wildman–Crippen LogP) is 1.42. The standard InChI is InChI=1S/C18H18N2O4/c1-24-17(22)10-5-11-19-16(21)12-20-18(23)15-9-4-7-13-6-2-3-8-14(13)15/h2-10H,11-12H2,1H3,(H,19,21)(H,20,23)/b10-5+. The summed E-state index contributed by atoms with van der Waals surface area (Å²) in [5.41, 5.74) is 0.520. The Bertz CT molecular complexity index is 778. The van der Waals surface area contributed by atoms with Crippen LogP contribution in [0, 0.1) is 0 Å². The summed E-state index contributed by atoms with van der Waals surface area (Å²) in [5, 5.41) is 6.94. The van der Waals surface area contributed by atoms with Crippen LogP contribution in [0.3, 0.4) is 0 Å². The minimum absolute atomic E-state index is 0.145. The summed E-state index contributed by atoms with van der Waals surface area (Å²) in [6, 6.07) is 13.0. The van der Waals surface area contributed by atoms with Crippen LogP contribution in [-0.2, 0) is 14.3 Å². The number of amides is 2. The number of ether oxygens (including phenoxy) is 1. The van der Waals surface area contributed by atoms with Crippen LogP contribution in [0.25, 0.3) is 10.8 Å². The molecule has 124 valence electrons. The first-order chi connectivity index (χ1) is 11.6. The summed E-state index contributed by atoms with van der Waals surface area (Å²) in [7, 11) is 1.27. The van der Waals surface area contributed by atoms with Crippen LogP contribution in [-0.4, -0.2) is 38.0 Å². The Balaban J connectivity index is 1.87. The van der Waals surface area contributed by atoms with E-state index in [2.05, 4.69) is 15.4 Å². The summed E-state index contributed by atoms with van der Waals surface area (Å²) in [6.07, 6.45) is 2.69. The lowest BCUT2D eigenvalue weighted by atomic mass is 10.0. The van der Waals surface area contributed by atoms with E-state index in [4.69, 9.17) is 0 Å². The van der Waals surface area contributed by atoms with Gasteiger partial charge in [-0.15, -0.1) is 0 Å². The smallest absolute Gasteiger partial charge is 0.330 e. The van der Waals surface area contributed by atoms with Crippen LogP contribution in [0.1, 0.15) is 10.4 Å². The fraction of sp³-hybridized carbons (Fsp3) is 0.167. The van der Waals surface area contributed by atoms with Gasteiger partial charge in [0.1, 0.15) is 0 Å². The van der Waals surface area contributed by atoms with Gasteiger partial charge in [0.15, 0.2) is 0 Å². The van der Waals surface area contributed by atoms with Gasteiger partial charge in [-0.3, -0.25) is 9.59 Å². The molecule has 0 aromatic heterocycles. The van der Waals surface area contributed by atoms with E-state index in [1.807, 2.05) is 30.3 Å². The summed E-state index contributed by atoms with van der Waals surface area (Å²) in [5.74, 6) is -1.15. The van der Waals surface area contributed by atoms with E-state index in [0.717, 1.165) is 10.8 Å². The van der Waals surface area contributed by atoms with Crippen LogP contribution >= 0.6 is 0 Å². The molecule has 2 rings (SSSR count). The maximum absolute atomic E-state index is 12.3. The third-order valence-corrected chi connectivity index (χ3v) is 3.32. The molecular formula is C18H18N2O4. The van der Waals surface area contributed by atoms with E-state index in [0.29, 0.717) is 5.56 Å². The molecule has 2 amide bonds. The average molecular weight is 326 g/mol. The van der Waals surface area contributed by atoms with Crippen molar-refractivity contribution in [3.63, 3.8) is 0 Å². The second kappa shape index (κ2) is 8.47. The Hall–Kier alpha value is -3.15. The summed E-state index contributed by atoms with van der Waals surface area (Å²) in [4.78, 5) is 34.8. The molecule has 0 bridgehead atoms. The Morgan fingerprint density at radius 2 is 1.79 bits per heavy atom. The van der Waals surface area contributed by atoms with Gasteiger partial charge >= 0.3 is 5.97 Å². The Morgan fingerprint density at radius 1 is 1.04 bits per heavy atom. The SMILES string of the molecule is COC(=O)/C=C/CNC(=O)CNC(=O)c1cccc2ccccc12. The van der Waals surface area contributed by atoms with Gasteiger partial charge in [0.25, 0.3) is 5.91 Å². The minimum Gasteiger partial charge on any atom is -0.466 e. The number of nitrogens with one attached hydrogen (secondary N) is 2. The van der Waals surface area contributed by atoms with E-state index in [1.165, 1.54) is 19.3 Å². The quantitative estimate of drug-likeness (QED) is 0.621. The zero-order valence-electron chi connectivity index (χ0n) is 13.2. The Morgan fingerprint density at radius 3 is 2.58 bits per heavy atom. The monoisotopic (exact) mass is 326 g/mol. The van der Waals surface area contributed by atoms with Crippen molar-refractivity contribution in [2.75, 3.05) is 20.2 Å². The lowest BCUT2D eigenvalue weighted by Crippen LogP contribution is -2.37. The van der Waals surface area contributed by atoms with Crippen molar-refractivity contribution in [1.29, 1.82) is 0 Å².